The minimum atomic E-state index is -3.79. The van der Waals surface area contributed by atoms with E-state index in [0.717, 1.165) is 21.8 Å². The van der Waals surface area contributed by atoms with Crippen molar-refractivity contribution >= 4 is 27.0 Å². The molecule has 1 aromatic carbocycles. The number of nitriles is 2. The number of nitrogens with one attached hydrogen (secondary N) is 1. The molecule has 9 heteroatoms. The monoisotopic (exact) mass is 424 g/mol. The lowest BCUT2D eigenvalue weighted by molar-refractivity contribution is 0.413. The van der Waals surface area contributed by atoms with Gasteiger partial charge in [-0.25, -0.2) is 13.4 Å². The van der Waals surface area contributed by atoms with Crippen molar-refractivity contribution < 1.29 is 13.2 Å². The fraction of sp³-hybridized carbons (Fsp3) is 0.150. The molecule has 1 N–H and O–H groups in total. The van der Waals surface area contributed by atoms with Crippen LogP contribution in [0.4, 0.5) is 5.69 Å². The Balaban J connectivity index is 2.00. The largest absolute Gasteiger partial charge is 0.496 e. The van der Waals surface area contributed by atoms with E-state index in [1.165, 1.54) is 19.2 Å². The van der Waals surface area contributed by atoms with Gasteiger partial charge in [-0.05, 0) is 49.7 Å². The lowest BCUT2D eigenvalue weighted by atomic mass is 10.1. The van der Waals surface area contributed by atoms with Gasteiger partial charge in [0, 0.05) is 22.2 Å². The van der Waals surface area contributed by atoms with Gasteiger partial charge in [-0.1, -0.05) is 0 Å². The van der Waals surface area contributed by atoms with Gasteiger partial charge in [0.1, 0.15) is 22.1 Å². The number of aromatic nitrogens is 1. The highest BCUT2D eigenvalue weighted by Gasteiger charge is 2.20. The Morgan fingerprint density at radius 3 is 2.48 bits per heavy atom. The van der Waals surface area contributed by atoms with Gasteiger partial charge < -0.3 is 4.74 Å². The molecule has 7 nitrogen and oxygen atoms in total. The molecule has 0 radical (unpaired) electrons. The molecule has 0 bridgehead atoms. The first-order valence-corrected chi connectivity index (χ1v) is 10.7. The molecule has 0 spiro atoms. The molecule has 0 atom stereocenters. The zero-order valence-corrected chi connectivity index (χ0v) is 17.5. The van der Waals surface area contributed by atoms with E-state index in [-0.39, 0.29) is 15.5 Å². The molecule has 0 aliphatic carbocycles. The Morgan fingerprint density at radius 1 is 1.10 bits per heavy atom. The van der Waals surface area contributed by atoms with Gasteiger partial charge in [-0.2, -0.15) is 10.5 Å². The highest BCUT2D eigenvalue weighted by molar-refractivity contribution is 7.94. The standard InChI is InChI=1S/C20H16N4O3S2/c1-12-6-15(17-5-4-14(10-21)18(11-22)23-17)8-16(7-12)24-29(25,26)20-9-19(27-3)13(2)28-20/h4-9,24H,1-3H3. The van der Waals surface area contributed by atoms with Crippen LogP contribution in [0.3, 0.4) is 0 Å². The van der Waals surface area contributed by atoms with Crippen molar-refractivity contribution in [3.8, 4) is 29.1 Å². The quantitative estimate of drug-likeness (QED) is 0.662. The number of nitrogens with zero attached hydrogens (tertiary/aromatic N) is 3. The topological polar surface area (TPSA) is 116 Å². The number of benzene rings is 1. The molecule has 2 heterocycles. The highest BCUT2D eigenvalue weighted by Crippen LogP contribution is 2.33. The number of methoxy groups -OCH3 is 1. The van der Waals surface area contributed by atoms with Crippen LogP contribution in [0.25, 0.3) is 11.3 Å². The van der Waals surface area contributed by atoms with Gasteiger partial charge in [-0.15, -0.1) is 11.3 Å². The van der Waals surface area contributed by atoms with Crippen LogP contribution in [-0.2, 0) is 10.0 Å². The molecule has 146 valence electrons. The van der Waals surface area contributed by atoms with E-state index in [1.807, 2.05) is 25.1 Å². The van der Waals surface area contributed by atoms with Gasteiger partial charge >= 0.3 is 0 Å². The summed E-state index contributed by atoms with van der Waals surface area (Å²) in [7, 11) is -2.30. The predicted octanol–water partition coefficient (Wildman–Crippen LogP) is 3.98. The fourth-order valence-corrected chi connectivity index (χ4v) is 5.21. The van der Waals surface area contributed by atoms with E-state index in [0.29, 0.717) is 22.7 Å². The fourth-order valence-electron chi connectivity index (χ4n) is 2.77. The number of ether oxygens (including phenoxy) is 1. The molecular formula is C20H16N4O3S2. The highest BCUT2D eigenvalue weighted by atomic mass is 32.2. The number of pyridine rings is 1. The van der Waals surface area contributed by atoms with Crippen LogP contribution in [0.2, 0.25) is 0 Å². The van der Waals surface area contributed by atoms with Crippen molar-refractivity contribution in [2.24, 2.45) is 0 Å². The number of sulfonamides is 1. The van der Waals surface area contributed by atoms with Crippen LogP contribution in [0.1, 0.15) is 21.7 Å². The lowest BCUT2D eigenvalue weighted by Crippen LogP contribution is -2.11. The number of thiophene rings is 1. The van der Waals surface area contributed by atoms with Crippen molar-refractivity contribution in [3.63, 3.8) is 0 Å². The van der Waals surface area contributed by atoms with Crippen LogP contribution >= 0.6 is 11.3 Å². The molecule has 0 fully saturated rings. The minimum Gasteiger partial charge on any atom is -0.496 e. The molecule has 29 heavy (non-hydrogen) atoms. The van der Waals surface area contributed by atoms with Gasteiger partial charge in [-0.3, -0.25) is 4.72 Å². The molecule has 2 aromatic heterocycles. The van der Waals surface area contributed by atoms with Crippen molar-refractivity contribution in [3.05, 3.63) is 58.1 Å². The number of aryl methyl sites for hydroxylation is 2. The Labute approximate surface area is 172 Å². The maximum atomic E-state index is 12.8. The maximum absolute atomic E-state index is 12.8. The second-order valence-corrected chi connectivity index (χ2v) is 9.37. The van der Waals surface area contributed by atoms with Crippen LogP contribution in [0.15, 0.2) is 40.6 Å². The summed E-state index contributed by atoms with van der Waals surface area (Å²) in [5.41, 5.74) is 2.49. The maximum Gasteiger partial charge on any atom is 0.271 e. The SMILES string of the molecule is COc1cc(S(=O)(=O)Nc2cc(C)cc(-c3ccc(C#N)c(C#N)n3)c2)sc1C. The summed E-state index contributed by atoms with van der Waals surface area (Å²) in [4.78, 5) is 4.99. The number of rotatable bonds is 5. The summed E-state index contributed by atoms with van der Waals surface area (Å²) in [6.07, 6.45) is 0. The summed E-state index contributed by atoms with van der Waals surface area (Å²) in [5.74, 6) is 0.520. The molecule has 0 saturated heterocycles. The molecule has 0 aliphatic heterocycles. The van der Waals surface area contributed by atoms with Gasteiger partial charge in [0.15, 0.2) is 5.69 Å². The van der Waals surface area contributed by atoms with Crippen molar-refractivity contribution in [1.29, 1.82) is 10.5 Å². The Bertz CT molecular complexity index is 1280. The molecule has 3 rings (SSSR count). The van der Waals surface area contributed by atoms with E-state index in [4.69, 9.17) is 10.00 Å². The molecule has 0 amide bonds. The van der Waals surface area contributed by atoms with Gasteiger partial charge in [0.05, 0.1) is 18.4 Å². The lowest BCUT2D eigenvalue weighted by Gasteiger charge is -2.10. The van der Waals surface area contributed by atoms with Crippen molar-refractivity contribution in [2.45, 2.75) is 18.1 Å². The summed E-state index contributed by atoms with van der Waals surface area (Å²) < 4.78 is 33.5. The van der Waals surface area contributed by atoms with E-state index < -0.39 is 10.0 Å². The predicted molar refractivity (Wildman–Crippen MR) is 110 cm³/mol. The van der Waals surface area contributed by atoms with Crippen LogP contribution < -0.4 is 9.46 Å². The smallest absolute Gasteiger partial charge is 0.271 e. The van der Waals surface area contributed by atoms with Crippen LogP contribution in [-0.4, -0.2) is 20.5 Å². The molecule has 3 aromatic rings. The van der Waals surface area contributed by atoms with Crippen molar-refractivity contribution in [1.82, 2.24) is 4.98 Å². The van der Waals surface area contributed by atoms with Gasteiger partial charge in [0.2, 0.25) is 0 Å². The Kier molecular flexibility index (Phi) is 5.55. The van der Waals surface area contributed by atoms with E-state index in [2.05, 4.69) is 9.71 Å². The van der Waals surface area contributed by atoms with Crippen molar-refractivity contribution in [2.75, 3.05) is 11.8 Å². The van der Waals surface area contributed by atoms with E-state index in [1.54, 1.807) is 25.1 Å². The third-order valence-corrected chi connectivity index (χ3v) is 6.97. The zero-order valence-electron chi connectivity index (χ0n) is 15.8. The summed E-state index contributed by atoms with van der Waals surface area (Å²) in [6, 6.07) is 13.6. The third-order valence-electron chi connectivity index (χ3n) is 4.08. The first-order valence-electron chi connectivity index (χ1n) is 8.38. The Morgan fingerprint density at radius 2 is 1.86 bits per heavy atom. The first kappa shape index (κ1) is 20.3. The average molecular weight is 425 g/mol. The number of anilines is 1. The summed E-state index contributed by atoms with van der Waals surface area (Å²) in [6.45, 7) is 3.62. The molecule has 0 saturated carbocycles. The second kappa shape index (κ2) is 7.92. The number of hydrogen-bond donors (Lipinski definition) is 1. The average Bonchev–Trinajstić information content (AvgIpc) is 3.08. The number of hydrogen-bond acceptors (Lipinski definition) is 7. The van der Waals surface area contributed by atoms with E-state index >= 15 is 0 Å². The molecule has 0 unspecified atom stereocenters. The molecule has 0 aliphatic rings. The first-order chi connectivity index (χ1) is 13.8. The van der Waals surface area contributed by atoms with E-state index in [9.17, 15) is 13.7 Å². The van der Waals surface area contributed by atoms with Crippen LogP contribution in [0.5, 0.6) is 5.75 Å². The minimum absolute atomic E-state index is 0.0230. The normalized spacial score (nSPS) is 10.8. The Hall–Kier alpha value is -3.40. The second-order valence-electron chi connectivity index (χ2n) is 6.20. The van der Waals surface area contributed by atoms with Gasteiger partial charge in [0.25, 0.3) is 10.0 Å². The van der Waals surface area contributed by atoms with Crippen LogP contribution in [0, 0.1) is 36.5 Å². The third kappa shape index (κ3) is 4.21. The summed E-state index contributed by atoms with van der Waals surface area (Å²) >= 11 is 1.12. The summed E-state index contributed by atoms with van der Waals surface area (Å²) in [5, 5.41) is 18.2. The zero-order chi connectivity index (χ0) is 21.2. The molecular weight excluding hydrogens is 408 g/mol.